The molecule has 2 amide bonds. The van der Waals surface area contributed by atoms with Crippen LogP contribution in [0, 0.1) is 0 Å². The third-order valence-electron chi connectivity index (χ3n) is 3.88. The number of phenolic OH excluding ortho intramolecular Hbond substituents is 1. The van der Waals surface area contributed by atoms with Gasteiger partial charge < -0.3 is 15.2 Å². The Bertz CT molecular complexity index is 716. The fourth-order valence-corrected chi connectivity index (χ4v) is 2.54. The van der Waals surface area contributed by atoms with Gasteiger partial charge in [-0.25, -0.2) is 4.79 Å². The SMILES string of the molecule is O=C(NCc1ccccc1)[C@@H]1COC(=O)N1Cc1ccc(O)cc1. The van der Waals surface area contributed by atoms with Crippen molar-refractivity contribution in [1.29, 1.82) is 0 Å². The quantitative estimate of drug-likeness (QED) is 0.881. The molecule has 1 heterocycles. The van der Waals surface area contributed by atoms with Gasteiger partial charge in [-0.3, -0.25) is 9.69 Å². The molecular weight excluding hydrogens is 308 g/mol. The second-order valence-corrected chi connectivity index (χ2v) is 5.59. The Kier molecular flexibility index (Phi) is 4.65. The molecule has 0 aliphatic carbocycles. The van der Waals surface area contributed by atoms with E-state index < -0.39 is 12.1 Å². The minimum atomic E-state index is -0.657. The number of amides is 2. The van der Waals surface area contributed by atoms with Crippen LogP contribution in [0.4, 0.5) is 4.79 Å². The van der Waals surface area contributed by atoms with Crippen LogP contribution in [0.15, 0.2) is 54.6 Å². The van der Waals surface area contributed by atoms with Crippen molar-refractivity contribution in [3.8, 4) is 5.75 Å². The second kappa shape index (κ2) is 7.04. The van der Waals surface area contributed by atoms with E-state index in [4.69, 9.17) is 4.74 Å². The summed E-state index contributed by atoms with van der Waals surface area (Å²) in [5.74, 6) is -0.0941. The summed E-state index contributed by atoms with van der Waals surface area (Å²) in [5, 5.41) is 12.2. The summed E-state index contributed by atoms with van der Waals surface area (Å²) in [6.45, 7) is 0.692. The third-order valence-corrected chi connectivity index (χ3v) is 3.88. The van der Waals surface area contributed by atoms with E-state index in [1.807, 2.05) is 30.3 Å². The van der Waals surface area contributed by atoms with E-state index in [2.05, 4.69) is 5.32 Å². The van der Waals surface area contributed by atoms with Crippen molar-refractivity contribution < 1.29 is 19.4 Å². The number of cyclic esters (lactones) is 1. The number of hydrogen-bond acceptors (Lipinski definition) is 4. The van der Waals surface area contributed by atoms with Gasteiger partial charge in [0.2, 0.25) is 5.91 Å². The zero-order valence-corrected chi connectivity index (χ0v) is 13.0. The highest BCUT2D eigenvalue weighted by atomic mass is 16.6. The average Bonchev–Trinajstić information content (AvgIpc) is 2.96. The number of nitrogens with zero attached hydrogens (tertiary/aromatic N) is 1. The molecule has 0 radical (unpaired) electrons. The number of carbonyl (C=O) groups is 2. The molecule has 6 nitrogen and oxygen atoms in total. The van der Waals surface area contributed by atoms with Crippen molar-refractivity contribution in [1.82, 2.24) is 10.2 Å². The fourth-order valence-electron chi connectivity index (χ4n) is 2.54. The van der Waals surface area contributed by atoms with Crippen molar-refractivity contribution >= 4 is 12.0 Å². The number of benzene rings is 2. The van der Waals surface area contributed by atoms with E-state index in [1.54, 1.807) is 24.3 Å². The predicted molar refractivity (Wildman–Crippen MR) is 87.1 cm³/mol. The van der Waals surface area contributed by atoms with Gasteiger partial charge in [-0.05, 0) is 23.3 Å². The first-order valence-corrected chi connectivity index (χ1v) is 7.66. The van der Waals surface area contributed by atoms with E-state index in [1.165, 1.54) is 4.90 Å². The van der Waals surface area contributed by atoms with E-state index in [0.717, 1.165) is 11.1 Å². The summed E-state index contributed by atoms with van der Waals surface area (Å²) in [5.41, 5.74) is 1.80. The van der Waals surface area contributed by atoms with E-state index in [9.17, 15) is 14.7 Å². The molecule has 2 aromatic rings. The molecule has 0 saturated carbocycles. The smallest absolute Gasteiger partial charge is 0.410 e. The van der Waals surface area contributed by atoms with Gasteiger partial charge in [0.25, 0.3) is 0 Å². The number of aromatic hydroxyl groups is 1. The van der Waals surface area contributed by atoms with Gasteiger partial charge in [0.15, 0.2) is 0 Å². The van der Waals surface area contributed by atoms with Crippen LogP contribution in [0.3, 0.4) is 0 Å². The van der Waals surface area contributed by atoms with Crippen molar-refractivity contribution in [2.45, 2.75) is 19.1 Å². The summed E-state index contributed by atoms with van der Waals surface area (Å²) in [7, 11) is 0. The molecule has 3 rings (SSSR count). The molecular formula is C18H18N2O4. The van der Waals surface area contributed by atoms with Crippen LogP contribution in [0.2, 0.25) is 0 Å². The fraction of sp³-hybridized carbons (Fsp3) is 0.222. The molecule has 1 fully saturated rings. The van der Waals surface area contributed by atoms with Gasteiger partial charge >= 0.3 is 6.09 Å². The van der Waals surface area contributed by atoms with Gasteiger partial charge in [-0.15, -0.1) is 0 Å². The van der Waals surface area contributed by atoms with Crippen LogP contribution in [0.25, 0.3) is 0 Å². The third kappa shape index (κ3) is 3.65. The first-order chi connectivity index (χ1) is 11.6. The van der Waals surface area contributed by atoms with Crippen molar-refractivity contribution in [2.24, 2.45) is 0 Å². The number of phenols is 1. The monoisotopic (exact) mass is 326 g/mol. The highest BCUT2D eigenvalue weighted by molar-refractivity contribution is 5.87. The lowest BCUT2D eigenvalue weighted by atomic mass is 10.1. The van der Waals surface area contributed by atoms with Gasteiger partial charge in [-0.2, -0.15) is 0 Å². The molecule has 1 saturated heterocycles. The first-order valence-electron chi connectivity index (χ1n) is 7.66. The van der Waals surface area contributed by atoms with Crippen LogP contribution in [-0.2, 0) is 22.6 Å². The lowest BCUT2D eigenvalue weighted by Crippen LogP contribution is -2.45. The number of nitrogens with one attached hydrogen (secondary N) is 1. The second-order valence-electron chi connectivity index (χ2n) is 5.59. The standard InChI is InChI=1S/C18H18N2O4/c21-15-8-6-14(7-9-15)11-20-16(12-24-18(20)23)17(22)19-10-13-4-2-1-3-5-13/h1-9,16,21H,10-12H2,(H,19,22)/t16-/m0/s1. The lowest BCUT2D eigenvalue weighted by molar-refractivity contribution is -0.125. The molecule has 1 atom stereocenters. The lowest BCUT2D eigenvalue weighted by Gasteiger charge is -2.21. The molecule has 0 bridgehead atoms. The van der Waals surface area contributed by atoms with Crippen LogP contribution in [0.1, 0.15) is 11.1 Å². The molecule has 6 heteroatoms. The molecule has 1 aliphatic heterocycles. The Morgan fingerprint density at radius 1 is 1.12 bits per heavy atom. The Morgan fingerprint density at radius 2 is 1.83 bits per heavy atom. The average molecular weight is 326 g/mol. The molecule has 2 N–H and O–H groups in total. The highest BCUT2D eigenvalue weighted by Gasteiger charge is 2.37. The molecule has 0 spiro atoms. The Hall–Kier alpha value is -3.02. The molecule has 0 aromatic heterocycles. The minimum absolute atomic E-state index is 0.0392. The van der Waals surface area contributed by atoms with Crippen LogP contribution in [0.5, 0.6) is 5.75 Å². The van der Waals surface area contributed by atoms with Crippen LogP contribution >= 0.6 is 0 Å². The van der Waals surface area contributed by atoms with E-state index >= 15 is 0 Å². The summed E-state index contributed by atoms with van der Waals surface area (Å²) in [4.78, 5) is 25.7. The van der Waals surface area contributed by atoms with Crippen LogP contribution in [-0.4, -0.2) is 34.7 Å². The molecule has 1 aliphatic rings. The van der Waals surface area contributed by atoms with E-state index in [-0.39, 0.29) is 24.8 Å². The number of hydrogen-bond donors (Lipinski definition) is 2. The van der Waals surface area contributed by atoms with Gasteiger partial charge in [0.1, 0.15) is 18.4 Å². The predicted octanol–water partition coefficient (Wildman–Crippen LogP) is 2.03. The Morgan fingerprint density at radius 3 is 2.54 bits per heavy atom. The summed E-state index contributed by atoms with van der Waals surface area (Å²) < 4.78 is 5.02. The van der Waals surface area contributed by atoms with Crippen molar-refractivity contribution in [3.63, 3.8) is 0 Å². The number of carbonyl (C=O) groups excluding carboxylic acids is 2. The maximum atomic E-state index is 12.4. The summed E-state index contributed by atoms with van der Waals surface area (Å²) in [6, 6.07) is 15.4. The van der Waals surface area contributed by atoms with Gasteiger partial charge in [-0.1, -0.05) is 42.5 Å². The number of ether oxygens (including phenoxy) is 1. The molecule has 124 valence electrons. The summed E-state index contributed by atoms with van der Waals surface area (Å²) >= 11 is 0. The minimum Gasteiger partial charge on any atom is -0.508 e. The Labute approximate surface area is 139 Å². The molecule has 0 unspecified atom stereocenters. The van der Waals surface area contributed by atoms with Crippen molar-refractivity contribution in [3.05, 3.63) is 65.7 Å². The number of rotatable bonds is 5. The highest BCUT2D eigenvalue weighted by Crippen LogP contribution is 2.18. The van der Waals surface area contributed by atoms with E-state index in [0.29, 0.717) is 6.54 Å². The molecule has 2 aromatic carbocycles. The maximum Gasteiger partial charge on any atom is 0.410 e. The first kappa shape index (κ1) is 15.9. The zero-order valence-electron chi connectivity index (χ0n) is 13.0. The summed E-state index contributed by atoms with van der Waals surface area (Å²) in [6.07, 6.45) is -0.511. The Balaban J connectivity index is 1.63. The van der Waals surface area contributed by atoms with Gasteiger partial charge in [0, 0.05) is 6.54 Å². The topological polar surface area (TPSA) is 78.9 Å². The zero-order chi connectivity index (χ0) is 16.9. The molecule has 24 heavy (non-hydrogen) atoms. The van der Waals surface area contributed by atoms with Gasteiger partial charge in [0.05, 0.1) is 6.54 Å². The maximum absolute atomic E-state index is 12.4. The van der Waals surface area contributed by atoms with Crippen molar-refractivity contribution in [2.75, 3.05) is 6.61 Å². The largest absolute Gasteiger partial charge is 0.508 e. The van der Waals surface area contributed by atoms with Crippen LogP contribution < -0.4 is 5.32 Å². The normalized spacial score (nSPS) is 16.8.